The third-order valence-corrected chi connectivity index (χ3v) is 6.72. The number of carbonyl (C=O) groups excluding carboxylic acids is 2. The lowest BCUT2D eigenvalue weighted by molar-refractivity contribution is -0.140. The number of carbonyl (C=O) groups is 2. The van der Waals surface area contributed by atoms with E-state index in [-0.39, 0.29) is 38.8 Å². The number of benzene rings is 1. The molecular formula is C23H25Cl2NO5S. The van der Waals surface area contributed by atoms with E-state index < -0.39 is 17.7 Å². The minimum Gasteiger partial charge on any atom is -0.507 e. The van der Waals surface area contributed by atoms with Gasteiger partial charge in [0, 0.05) is 23.1 Å². The van der Waals surface area contributed by atoms with Gasteiger partial charge in [-0.1, -0.05) is 23.2 Å². The van der Waals surface area contributed by atoms with Crippen molar-refractivity contribution in [2.24, 2.45) is 0 Å². The van der Waals surface area contributed by atoms with Crippen molar-refractivity contribution in [1.29, 1.82) is 0 Å². The summed E-state index contributed by atoms with van der Waals surface area (Å²) >= 11 is 13.8. The zero-order valence-electron chi connectivity index (χ0n) is 18.3. The summed E-state index contributed by atoms with van der Waals surface area (Å²) in [5.41, 5.74) is 1.07. The van der Waals surface area contributed by atoms with Crippen LogP contribution in [0.2, 0.25) is 10.0 Å². The van der Waals surface area contributed by atoms with Crippen LogP contribution in [0.15, 0.2) is 29.2 Å². The largest absolute Gasteiger partial charge is 0.507 e. The Bertz CT molecular complexity index is 1060. The summed E-state index contributed by atoms with van der Waals surface area (Å²) in [5, 5.41) is 13.6. The molecule has 0 aliphatic carbocycles. The zero-order valence-corrected chi connectivity index (χ0v) is 20.6. The first-order valence-corrected chi connectivity index (χ1v) is 11.8. The Hall–Kier alpha value is -2.06. The predicted molar refractivity (Wildman–Crippen MR) is 127 cm³/mol. The van der Waals surface area contributed by atoms with Crippen LogP contribution in [-0.2, 0) is 14.3 Å². The van der Waals surface area contributed by atoms with Gasteiger partial charge in [-0.2, -0.15) is 0 Å². The Kier molecular flexibility index (Phi) is 7.88. The van der Waals surface area contributed by atoms with E-state index in [9.17, 15) is 14.7 Å². The number of hydrogen-bond donors (Lipinski definition) is 1. The van der Waals surface area contributed by atoms with Crippen molar-refractivity contribution >= 4 is 52.0 Å². The number of rotatable bonds is 8. The number of likely N-dealkylation sites (tertiary alicyclic amines) is 1. The van der Waals surface area contributed by atoms with Gasteiger partial charge in [-0.3, -0.25) is 9.59 Å². The monoisotopic (exact) mass is 497 g/mol. The molecular weight excluding hydrogens is 473 g/mol. The zero-order chi connectivity index (χ0) is 23.6. The van der Waals surface area contributed by atoms with Crippen LogP contribution in [-0.4, -0.2) is 48.1 Å². The molecule has 3 rings (SSSR count). The van der Waals surface area contributed by atoms with Crippen LogP contribution in [0.5, 0.6) is 5.75 Å². The number of ketones is 1. The van der Waals surface area contributed by atoms with Gasteiger partial charge < -0.3 is 19.5 Å². The number of Topliss-reactive ketones (excluding diaryl/α,β-unsaturated/α-hetero) is 1. The van der Waals surface area contributed by atoms with Crippen molar-refractivity contribution in [3.63, 3.8) is 0 Å². The van der Waals surface area contributed by atoms with E-state index in [4.69, 9.17) is 32.7 Å². The van der Waals surface area contributed by atoms with Crippen LogP contribution in [0.1, 0.15) is 42.3 Å². The van der Waals surface area contributed by atoms with Crippen LogP contribution in [0, 0.1) is 6.92 Å². The molecule has 2 aromatic rings. The molecule has 0 bridgehead atoms. The molecule has 1 amide bonds. The summed E-state index contributed by atoms with van der Waals surface area (Å²) in [6, 6.07) is 4.13. The maximum absolute atomic E-state index is 13.1. The van der Waals surface area contributed by atoms with Crippen molar-refractivity contribution in [3.05, 3.63) is 55.2 Å². The fraction of sp³-hybridized carbons (Fsp3) is 0.391. The molecule has 2 heterocycles. The van der Waals surface area contributed by atoms with E-state index in [1.54, 1.807) is 0 Å². The van der Waals surface area contributed by atoms with E-state index in [0.717, 1.165) is 10.4 Å². The molecule has 1 aromatic heterocycles. The Balaban J connectivity index is 2.12. The van der Waals surface area contributed by atoms with Crippen LogP contribution in [0.3, 0.4) is 0 Å². The summed E-state index contributed by atoms with van der Waals surface area (Å²) in [6.45, 7) is 6.54. The van der Waals surface area contributed by atoms with Crippen molar-refractivity contribution < 1.29 is 24.2 Å². The number of hydrogen-bond acceptors (Lipinski definition) is 6. The standard InChI is InChI=1S/C23H25Cl2NO5S/c1-12(2)31-8-5-7-26-18(22-13(3)6-9-32-22)17(20(28)23(26)29)19(27)15-10-14(24)11-16(25)21(15)30-4/h6,9-12,18,27H,5,7-8H2,1-4H3/b19-17+. The molecule has 0 saturated carbocycles. The molecule has 172 valence electrons. The second-order valence-corrected chi connectivity index (χ2v) is 9.49. The Morgan fingerprint density at radius 2 is 2.00 bits per heavy atom. The number of halogens is 2. The summed E-state index contributed by atoms with van der Waals surface area (Å²) < 4.78 is 10.9. The van der Waals surface area contributed by atoms with E-state index in [1.807, 2.05) is 32.2 Å². The summed E-state index contributed by atoms with van der Waals surface area (Å²) in [7, 11) is 1.40. The SMILES string of the molecule is COc1c(Cl)cc(Cl)cc1/C(O)=C1\C(=O)C(=O)N(CCCOC(C)C)C1c1sccc1C. The molecule has 0 radical (unpaired) electrons. The van der Waals surface area contributed by atoms with E-state index in [2.05, 4.69) is 0 Å². The van der Waals surface area contributed by atoms with E-state index in [0.29, 0.717) is 19.6 Å². The molecule has 1 aliphatic rings. The Morgan fingerprint density at radius 3 is 2.59 bits per heavy atom. The molecule has 32 heavy (non-hydrogen) atoms. The average Bonchev–Trinajstić information content (AvgIpc) is 3.25. The van der Waals surface area contributed by atoms with Gasteiger partial charge in [0.25, 0.3) is 11.7 Å². The van der Waals surface area contributed by atoms with Gasteiger partial charge in [0.2, 0.25) is 0 Å². The maximum Gasteiger partial charge on any atom is 0.295 e. The Labute approximate surface area is 201 Å². The van der Waals surface area contributed by atoms with Gasteiger partial charge in [-0.25, -0.2) is 0 Å². The van der Waals surface area contributed by atoms with Crippen LogP contribution < -0.4 is 4.74 Å². The minimum absolute atomic E-state index is 0.0121. The molecule has 1 unspecified atom stereocenters. The summed E-state index contributed by atoms with van der Waals surface area (Å²) in [6.07, 6.45) is 0.624. The van der Waals surface area contributed by atoms with Crippen molar-refractivity contribution in [1.82, 2.24) is 4.90 Å². The predicted octanol–water partition coefficient (Wildman–Crippen LogP) is 5.61. The van der Waals surface area contributed by atoms with Gasteiger partial charge >= 0.3 is 0 Å². The number of ether oxygens (including phenoxy) is 2. The van der Waals surface area contributed by atoms with Crippen LogP contribution in [0.4, 0.5) is 0 Å². The molecule has 1 atom stereocenters. The fourth-order valence-corrected chi connectivity index (χ4v) is 5.31. The highest BCUT2D eigenvalue weighted by Crippen LogP contribution is 2.45. The van der Waals surface area contributed by atoms with Gasteiger partial charge in [0.05, 0.1) is 35.4 Å². The lowest BCUT2D eigenvalue weighted by Gasteiger charge is -2.25. The number of aliphatic hydroxyl groups is 1. The maximum atomic E-state index is 13.1. The van der Waals surface area contributed by atoms with Gasteiger partial charge in [-0.05, 0) is 56.3 Å². The second-order valence-electron chi connectivity index (χ2n) is 7.70. The van der Waals surface area contributed by atoms with Crippen molar-refractivity contribution in [2.75, 3.05) is 20.3 Å². The normalized spacial score (nSPS) is 18.1. The smallest absolute Gasteiger partial charge is 0.295 e. The fourth-order valence-electron chi connectivity index (χ4n) is 3.69. The van der Waals surface area contributed by atoms with Crippen LogP contribution >= 0.6 is 34.5 Å². The molecule has 1 N–H and O–H groups in total. The topological polar surface area (TPSA) is 76.1 Å². The lowest BCUT2D eigenvalue weighted by atomic mass is 9.98. The number of amides is 1. The second kappa shape index (κ2) is 10.3. The molecule has 1 fully saturated rings. The van der Waals surface area contributed by atoms with Gasteiger partial charge in [0.15, 0.2) is 0 Å². The van der Waals surface area contributed by atoms with Gasteiger partial charge in [0.1, 0.15) is 11.5 Å². The highest BCUT2D eigenvalue weighted by Gasteiger charge is 2.47. The lowest BCUT2D eigenvalue weighted by Crippen LogP contribution is -2.31. The first-order valence-electron chi connectivity index (χ1n) is 10.1. The third kappa shape index (κ3) is 4.81. The summed E-state index contributed by atoms with van der Waals surface area (Å²) in [4.78, 5) is 28.4. The first-order chi connectivity index (χ1) is 15.2. The first kappa shape index (κ1) is 24.6. The summed E-state index contributed by atoms with van der Waals surface area (Å²) in [5.74, 6) is -1.63. The van der Waals surface area contributed by atoms with Crippen molar-refractivity contribution in [3.8, 4) is 5.75 Å². The average molecular weight is 498 g/mol. The number of methoxy groups -OCH3 is 1. The molecule has 6 nitrogen and oxygen atoms in total. The Morgan fingerprint density at radius 1 is 1.28 bits per heavy atom. The highest BCUT2D eigenvalue weighted by molar-refractivity contribution is 7.10. The highest BCUT2D eigenvalue weighted by atomic mass is 35.5. The van der Waals surface area contributed by atoms with Crippen LogP contribution in [0.25, 0.3) is 5.76 Å². The molecule has 1 saturated heterocycles. The number of nitrogens with zero attached hydrogens (tertiary/aromatic N) is 1. The minimum atomic E-state index is -0.761. The van der Waals surface area contributed by atoms with Gasteiger partial charge in [-0.15, -0.1) is 11.3 Å². The van der Waals surface area contributed by atoms with Crippen molar-refractivity contribution in [2.45, 2.75) is 39.3 Å². The molecule has 1 aromatic carbocycles. The van der Waals surface area contributed by atoms with E-state index in [1.165, 1.54) is 35.5 Å². The van der Waals surface area contributed by atoms with E-state index >= 15 is 0 Å². The number of aryl methyl sites for hydroxylation is 1. The number of thiophene rings is 1. The third-order valence-electron chi connectivity index (χ3n) is 5.15. The quantitative estimate of drug-likeness (QED) is 0.222. The molecule has 1 aliphatic heterocycles. The number of aliphatic hydroxyl groups excluding tert-OH is 1. The molecule has 9 heteroatoms. The molecule has 0 spiro atoms.